The number of carboxylic acid groups (broad SMARTS) is 2. The van der Waals surface area contributed by atoms with Crippen LogP contribution >= 0.6 is 0 Å². The fourth-order valence-corrected chi connectivity index (χ4v) is 6.79. The molecule has 0 bridgehead atoms. The Morgan fingerprint density at radius 2 is 0.590 bits per heavy atom. The molecule has 0 aliphatic heterocycles. The Morgan fingerprint density at radius 3 is 0.754 bits per heavy atom. The molecule has 0 aliphatic carbocycles. The van der Waals surface area contributed by atoms with E-state index in [1.54, 1.807) is 0 Å². The van der Waals surface area contributed by atoms with Crippen molar-refractivity contribution in [3.8, 4) is 0 Å². The number of Topliss-reactive ketones (excluding diaryl/α,β-unsaturated/α-hetero) is 2. The summed E-state index contributed by atoms with van der Waals surface area (Å²) >= 11 is 0. The molecule has 4 unspecified atom stereocenters. The van der Waals surface area contributed by atoms with Gasteiger partial charge in [-0.3, -0.25) is 9.59 Å². The van der Waals surface area contributed by atoms with Gasteiger partial charge in [0.1, 0.15) is 12.2 Å². The molecule has 0 spiro atoms. The summed E-state index contributed by atoms with van der Waals surface area (Å²) in [5.74, 6) is -7.22. The van der Waals surface area contributed by atoms with Gasteiger partial charge in [-0.25, -0.2) is 9.59 Å². The van der Waals surface area contributed by atoms with Gasteiger partial charge in [0.25, 0.3) is 0 Å². The van der Waals surface area contributed by atoms with Gasteiger partial charge < -0.3 is 39.5 Å². The van der Waals surface area contributed by atoms with Gasteiger partial charge in [0.2, 0.25) is 11.2 Å². The number of carbonyl (C=O) groups is 6. The van der Waals surface area contributed by atoms with E-state index < -0.39 is 58.9 Å². The van der Waals surface area contributed by atoms with E-state index in [0.717, 1.165) is 66.2 Å². The van der Waals surface area contributed by atoms with Gasteiger partial charge in [-0.2, -0.15) is 0 Å². The van der Waals surface area contributed by atoms with Crippen LogP contribution in [0.4, 0.5) is 0 Å². The number of unbranched alkanes of at least 4 members (excludes halogenated alkanes) is 28. The van der Waals surface area contributed by atoms with Gasteiger partial charge in [-0.05, 0) is 40.5 Å². The summed E-state index contributed by atoms with van der Waals surface area (Å²) in [7, 11) is 0. The average Bonchev–Trinajstić information content (AvgIpc) is 3.20. The maximum Gasteiger partial charge on any atom is 2.00 e. The van der Waals surface area contributed by atoms with Crippen molar-refractivity contribution in [3.63, 3.8) is 0 Å². The first-order valence-electron chi connectivity index (χ1n) is 23.8. The summed E-state index contributed by atoms with van der Waals surface area (Å²) < 4.78 is 9.39. The van der Waals surface area contributed by atoms with Gasteiger partial charge in [0.05, 0.1) is 11.9 Å². The third kappa shape index (κ3) is 33.6. The van der Waals surface area contributed by atoms with Crippen LogP contribution in [0.25, 0.3) is 0 Å². The predicted octanol–water partition coefficient (Wildman–Crippen LogP) is 8.12. The van der Waals surface area contributed by atoms with Crippen LogP contribution in [0.5, 0.6) is 0 Å². The van der Waals surface area contributed by atoms with Crippen LogP contribution in [0, 0.1) is 0 Å². The summed E-state index contributed by atoms with van der Waals surface area (Å²) in [6.45, 7) is 8.80. The molecule has 0 amide bonds. The summed E-state index contributed by atoms with van der Waals surface area (Å²) in [6.07, 6.45) is 33.0. The van der Waals surface area contributed by atoms with Gasteiger partial charge in [-0.15, -0.1) is 0 Å². The van der Waals surface area contributed by atoms with Crippen LogP contribution < -0.4 is 10.2 Å². The molecule has 12 nitrogen and oxygen atoms in total. The van der Waals surface area contributed by atoms with Gasteiger partial charge in [0.15, 0.2) is 11.6 Å². The van der Waals surface area contributed by atoms with Crippen molar-refractivity contribution in [2.45, 2.75) is 270 Å². The second-order valence-electron chi connectivity index (χ2n) is 17.1. The number of ketones is 2. The smallest absolute Gasteiger partial charge is 0.545 e. The van der Waals surface area contributed by atoms with E-state index in [2.05, 4.69) is 13.8 Å². The van der Waals surface area contributed by atoms with Crippen molar-refractivity contribution in [2.75, 3.05) is 0 Å². The van der Waals surface area contributed by atoms with Gasteiger partial charge in [-0.1, -0.05) is 194 Å². The number of hydrogen-bond donors (Lipinski definition) is 2. The van der Waals surface area contributed by atoms with Crippen molar-refractivity contribution in [3.05, 3.63) is 0 Å². The molecule has 0 heterocycles. The van der Waals surface area contributed by atoms with Crippen LogP contribution in [0.2, 0.25) is 0 Å². The van der Waals surface area contributed by atoms with E-state index in [0.29, 0.717) is 12.8 Å². The number of aliphatic hydroxyl groups excluding tert-OH is 2. The molecule has 13 heteroatoms. The SMILES string of the molecule is CCCCCCCCCCCCCCCCCC(=O)C(C)(OC(=O)C(C)O)C(=O)[O-].CCCCCCCCCCCCCCCCCC(=O)C(C)(OC(=O)C(C)O)C(=O)[O-].[Ca+2]. The molecule has 0 saturated carbocycles. The minimum absolute atomic E-state index is 0. The molecule has 0 aromatic heterocycles. The first-order valence-corrected chi connectivity index (χ1v) is 23.8. The first-order chi connectivity index (χ1) is 28.5. The van der Waals surface area contributed by atoms with E-state index in [1.165, 1.54) is 141 Å². The maximum atomic E-state index is 12.2. The molecule has 0 fully saturated rings. The summed E-state index contributed by atoms with van der Waals surface area (Å²) in [6, 6.07) is 0. The molecule has 0 aromatic rings. The fraction of sp³-hybridized carbons (Fsp3) is 0.875. The van der Waals surface area contributed by atoms with E-state index in [-0.39, 0.29) is 50.6 Å². The van der Waals surface area contributed by atoms with E-state index in [9.17, 15) is 39.0 Å². The average molecular weight is 895 g/mol. The Morgan fingerprint density at radius 1 is 0.410 bits per heavy atom. The number of carboxylic acids is 2. The summed E-state index contributed by atoms with van der Waals surface area (Å²) in [4.78, 5) is 69.9. The predicted molar refractivity (Wildman–Crippen MR) is 237 cm³/mol. The largest absolute Gasteiger partial charge is 2.00 e. The second kappa shape index (κ2) is 41.1. The first kappa shape index (κ1) is 63.7. The van der Waals surface area contributed by atoms with Crippen molar-refractivity contribution >= 4 is 73.2 Å². The minimum Gasteiger partial charge on any atom is -0.545 e. The van der Waals surface area contributed by atoms with Crippen LogP contribution in [0.15, 0.2) is 0 Å². The van der Waals surface area contributed by atoms with Crippen molar-refractivity contribution in [1.82, 2.24) is 0 Å². The van der Waals surface area contributed by atoms with Crippen LogP contribution in [0.1, 0.15) is 247 Å². The monoisotopic (exact) mass is 895 g/mol. The van der Waals surface area contributed by atoms with E-state index >= 15 is 0 Å². The molecule has 0 radical (unpaired) electrons. The molecule has 0 aliphatic rings. The second-order valence-corrected chi connectivity index (χ2v) is 17.1. The Bertz CT molecular complexity index is 1070. The zero-order valence-electron chi connectivity index (χ0n) is 39.5. The molecular weight excluding hydrogens is 809 g/mol. The summed E-state index contributed by atoms with van der Waals surface area (Å²) in [5, 5.41) is 40.9. The zero-order chi connectivity index (χ0) is 45.7. The number of rotatable bonds is 40. The number of hydrogen-bond acceptors (Lipinski definition) is 12. The van der Waals surface area contributed by atoms with Gasteiger partial charge in [0, 0.05) is 12.8 Å². The topological polar surface area (TPSA) is 207 Å². The molecule has 0 rings (SSSR count). The minimum atomic E-state index is -2.34. The molecule has 352 valence electrons. The Kier molecular flexibility index (Phi) is 42.9. The maximum absolute atomic E-state index is 12.2. The number of carbonyl (C=O) groups excluding carboxylic acids is 6. The molecule has 4 atom stereocenters. The number of ether oxygens (including phenoxy) is 2. The third-order valence-electron chi connectivity index (χ3n) is 11.1. The van der Waals surface area contributed by atoms with Crippen molar-refractivity contribution in [2.24, 2.45) is 0 Å². The number of aliphatic hydroxyl groups is 2. The molecule has 0 aromatic carbocycles. The normalized spacial score (nSPS) is 13.9. The quantitative estimate of drug-likeness (QED) is 0.0259. The Hall–Kier alpha value is -1.60. The fourth-order valence-electron chi connectivity index (χ4n) is 6.79. The van der Waals surface area contributed by atoms with Crippen molar-refractivity contribution < 1.29 is 58.7 Å². The third-order valence-corrected chi connectivity index (χ3v) is 11.1. The number of esters is 2. The van der Waals surface area contributed by atoms with Crippen LogP contribution in [0.3, 0.4) is 0 Å². The Labute approximate surface area is 399 Å². The van der Waals surface area contributed by atoms with Gasteiger partial charge >= 0.3 is 49.7 Å². The number of aliphatic carboxylic acids is 2. The molecule has 61 heavy (non-hydrogen) atoms. The zero-order valence-corrected chi connectivity index (χ0v) is 41.7. The van der Waals surface area contributed by atoms with Crippen LogP contribution in [-0.4, -0.2) is 107 Å². The molecule has 2 N–H and O–H groups in total. The van der Waals surface area contributed by atoms with Crippen molar-refractivity contribution in [1.29, 1.82) is 0 Å². The van der Waals surface area contributed by atoms with Crippen LogP contribution in [-0.2, 0) is 38.2 Å². The van der Waals surface area contributed by atoms with E-state index in [1.807, 2.05) is 0 Å². The summed E-state index contributed by atoms with van der Waals surface area (Å²) in [5.41, 5.74) is -4.69. The standard InChI is InChI=1S/2C24H44O6.Ca/c2*1-4-5-6-7-8-9-10-11-12-13-14-15-16-17-18-19-21(26)24(3,23(28)29)30-22(27)20(2)25;/h2*20,25H,4-19H2,1-3H3,(H,28,29);/q;;+2/p-2. The molecule has 0 saturated heterocycles. The van der Waals surface area contributed by atoms with E-state index in [4.69, 9.17) is 19.7 Å². The molecular formula is C48H86CaO12. The Balaban J connectivity index is -0.00000109.